The van der Waals surface area contributed by atoms with Crippen LogP contribution in [0.15, 0.2) is 71.1 Å². The molecule has 0 unspecified atom stereocenters. The van der Waals surface area contributed by atoms with E-state index in [-0.39, 0.29) is 5.82 Å². The summed E-state index contributed by atoms with van der Waals surface area (Å²) >= 11 is 1.87. The highest BCUT2D eigenvalue weighted by Gasteiger charge is 2.23. The number of rotatable bonds is 4. The highest BCUT2D eigenvalue weighted by Crippen LogP contribution is 2.45. The van der Waals surface area contributed by atoms with Crippen molar-refractivity contribution in [3.63, 3.8) is 0 Å². The maximum Gasteiger partial charge on any atom is 0.123 e. The van der Waals surface area contributed by atoms with Gasteiger partial charge in [-0.25, -0.2) is 4.39 Å². The van der Waals surface area contributed by atoms with Gasteiger partial charge in [-0.1, -0.05) is 29.8 Å². The highest BCUT2D eigenvalue weighted by atomic mass is 32.2. The van der Waals surface area contributed by atoms with Crippen LogP contribution in [0.25, 0.3) is 27.8 Å². The van der Waals surface area contributed by atoms with Crippen LogP contribution < -0.4 is 4.31 Å². The molecule has 3 heterocycles. The molecule has 1 N–H and O–H groups in total. The fraction of sp³-hybridized carbons (Fsp3) is 0.231. The minimum atomic E-state index is -0.186. The first-order valence-electron chi connectivity index (χ1n) is 10.9. The molecule has 3 nitrogen and oxygen atoms in total. The van der Waals surface area contributed by atoms with Crippen LogP contribution in [0, 0.1) is 5.82 Å². The molecule has 0 spiro atoms. The fourth-order valence-electron chi connectivity index (χ4n) is 4.77. The number of nitrogens with zero attached hydrogens (tertiary/aromatic N) is 2. The summed E-state index contributed by atoms with van der Waals surface area (Å²) in [4.78, 5) is 7.34. The molecule has 0 bridgehead atoms. The molecule has 31 heavy (non-hydrogen) atoms. The SMILES string of the molecule is Fc1ccc2[nH]c(C=C3CCN(CCN4Sc5cccc6cccc4c56)CC3)cc2c1. The molecular weight excluding hydrogens is 405 g/mol. The third kappa shape index (κ3) is 3.62. The molecule has 2 aliphatic rings. The van der Waals surface area contributed by atoms with Crippen molar-refractivity contribution in [3.05, 3.63) is 77.7 Å². The summed E-state index contributed by atoms with van der Waals surface area (Å²) in [6.45, 7) is 4.30. The van der Waals surface area contributed by atoms with Crippen LogP contribution in [0.3, 0.4) is 0 Å². The van der Waals surface area contributed by atoms with Crippen molar-refractivity contribution in [2.24, 2.45) is 0 Å². The van der Waals surface area contributed by atoms with E-state index in [1.54, 1.807) is 6.07 Å². The molecule has 3 aromatic carbocycles. The smallest absolute Gasteiger partial charge is 0.123 e. The molecule has 1 aromatic heterocycles. The zero-order valence-corrected chi connectivity index (χ0v) is 18.1. The standard InChI is InChI=1S/C26H24FN3S/c27-21-7-8-23-20(16-21)17-22(28-23)15-18-9-11-29(12-10-18)13-14-30-24-5-1-3-19-4-2-6-25(31-30)26(19)24/h1-8,15-17,28H,9-14H2. The Labute approximate surface area is 185 Å². The van der Waals surface area contributed by atoms with E-state index in [1.807, 2.05) is 24.1 Å². The first-order chi connectivity index (χ1) is 15.2. The molecule has 156 valence electrons. The normalized spacial score (nSPS) is 16.5. The monoisotopic (exact) mass is 429 g/mol. The summed E-state index contributed by atoms with van der Waals surface area (Å²) in [5, 5.41) is 3.66. The molecule has 4 aromatic rings. The van der Waals surface area contributed by atoms with Crippen LogP contribution in [0.1, 0.15) is 18.5 Å². The molecule has 0 radical (unpaired) electrons. The topological polar surface area (TPSA) is 22.3 Å². The molecule has 5 heteroatoms. The van der Waals surface area contributed by atoms with Gasteiger partial charge in [0.05, 0.1) is 5.69 Å². The van der Waals surface area contributed by atoms with Crippen molar-refractivity contribution < 1.29 is 4.39 Å². The number of anilines is 1. The average Bonchev–Trinajstić information content (AvgIpc) is 3.35. The zero-order chi connectivity index (χ0) is 20.8. The molecule has 0 amide bonds. The van der Waals surface area contributed by atoms with Gasteiger partial charge in [0.1, 0.15) is 5.82 Å². The minimum Gasteiger partial charge on any atom is -0.355 e. The van der Waals surface area contributed by atoms with Crippen molar-refractivity contribution in [3.8, 4) is 0 Å². The Balaban J connectivity index is 1.08. The summed E-state index contributed by atoms with van der Waals surface area (Å²) < 4.78 is 15.9. The van der Waals surface area contributed by atoms with E-state index in [0.29, 0.717) is 0 Å². The van der Waals surface area contributed by atoms with Gasteiger partial charge < -0.3 is 14.2 Å². The average molecular weight is 430 g/mol. The second kappa shape index (κ2) is 7.74. The number of aromatic nitrogens is 1. The number of hydrogen-bond acceptors (Lipinski definition) is 3. The molecule has 6 rings (SSSR count). The van der Waals surface area contributed by atoms with Crippen LogP contribution >= 0.6 is 11.9 Å². The van der Waals surface area contributed by atoms with Crippen molar-refractivity contribution in [2.45, 2.75) is 17.7 Å². The Morgan fingerprint density at radius 1 is 0.935 bits per heavy atom. The third-order valence-electron chi connectivity index (χ3n) is 6.40. The van der Waals surface area contributed by atoms with Gasteiger partial charge in [0.15, 0.2) is 0 Å². The zero-order valence-electron chi connectivity index (χ0n) is 17.3. The Morgan fingerprint density at radius 2 is 1.77 bits per heavy atom. The third-order valence-corrected chi connectivity index (χ3v) is 7.54. The number of likely N-dealkylation sites (tertiary alicyclic amines) is 1. The molecule has 0 aliphatic carbocycles. The van der Waals surface area contributed by atoms with Crippen molar-refractivity contribution in [1.29, 1.82) is 0 Å². The summed E-state index contributed by atoms with van der Waals surface area (Å²) in [7, 11) is 0. The maximum atomic E-state index is 13.4. The summed E-state index contributed by atoms with van der Waals surface area (Å²) in [5.74, 6) is -0.186. The van der Waals surface area contributed by atoms with Crippen LogP contribution in [0.2, 0.25) is 0 Å². The largest absolute Gasteiger partial charge is 0.355 e. The molecule has 0 saturated carbocycles. The van der Waals surface area contributed by atoms with Crippen LogP contribution in [-0.2, 0) is 0 Å². The number of aromatic amines is 1. The Kier molecular flexibility index (Phi) is 4.73. The highest BCUT2D eigenvalue weighted by molar-refractivity contribution is 8.01. The molecule has 0 atom stereocenters. The van der Waals surface area contributed by atoms with Crippen LogP contribution in [0.5, 0.6) is 0 Å². The van der Waals surface area contributed by atoms with Crippen LogP contribution in [0.4, 0.5) is 10.1 Å². The number of H-pyrrole nitrogens is 1. The Hall–Kier alpha value is -2.76. The second-order valence-corrected chi connectivity index (χ2v) is 9.49. The van der Waals surface area contributed by atoms with E-state index in [9.17, 15) is 4.39 Å². The van der Waals surface area contributed by atoms with Gasteiger partial charge in [-0.2, -0.15) is 0 Å². The van der Waals surface area contributed by atoms with Crippen molar-refractivity contribution in [2.75, 3.05) is 30.5 Å². The van der Waals surface area contributed by atoms with Gasteiger partial charge >= 0.3 is 0 Å². The summed E-state index contributed by atoms with van der Waals surface area (Å²) in [6.07, 6.45) is 4.43. The van der Waals surface area contributed by atoms with E-state index in [4.69, 9.17) is 0 Å². The number of benzene rings is 3. The quantitative estimate of drug-likeness (QED) is 0.376. The second-order valence-electron chi connectivity index (χ2n) is 8.43. The van der Waals surface area contributed by atoms with E-state index < -0.39 is 0 Å². The molecule has 2 aliphatic heterocycles. The Morgan fingerprint density at radius 3 is 2.65 bits per heavy atom. The lowest BCUT2D eigenvalue weighted by atomic mass is 10.0. The summed E-state index contributed by atoms with van der Waals surface area (Å²) in [5.41, 5.74) is 4.88. The molecular formula is C26H24FN3S. The lowest BCUT2D eigenvalue weighted by Gasteiger charge is -2.30. The molecule has 1 saturated heterocycles. The van der Waals surface area contributed by atoms with E-state index in [1.165, 1.54) is 33.0 Å². The van der Waals surface area contributed by atoms with Gasteiger partial charge in [0, 0.05) is 53.1 Å². The first kappa shape index (κ1) is 19.0. The van der Waals surface area contributed by atoms with Gasteiger partial charge in [-0.15, -0.1) is 0 Å². The maximum absolute atomic E-state index is 13.4. The predicted octanol–water partition coefficient (Wildman–Crippen LogP) is 6.47. The van der Waals surface area contributed by atoms with Crippen molar-refractivity contribution in [1.82, 2.24) is 9.88 Å². The van der Waals surface area contributed by atoms with E-state index in [0.717, 1.165) is 55.6 Å². The Bertz CT molecular complexity index is 1290. The number of hydrogen-bond donors (Lipinski definition) is 1. The van der Waals surface area contributed by atoms with Gasteiger partial charge in [-0.05, 0) is 72.7 Å². The minimum absolute atomic E-state index is 0.186. The van der Waals surface area contributed by atoms with E-state index >= 15 is 0 Å². The van der Waals surface area contributed by atoms with Gasteiger partial charge in [0.2, 0.25) is 0 Å². The number of piperidine rings is 1. The number of fused-ring (bicyclic) bond motifs is 1. The number of halogens is 1. The summed E-state index contributed by atoms with van der Waals surface area (Å²) in [6, 6.07) is 20.1. The van der Waals surface area contributed by atoms with Gasteiger partial charge in [0.25, 0.3) is 0 Å². The predicted molar refractivity (Wildman–Crippen MR) is 129 cm³/mol. The first-order valence-corrected chi connectivity index (χ1v) is 11.7. The van der Waals surface area contributed by atoms with Crippen molar-refractivity contribution >= 4 is 45.4 Å². The van der Waals surface area contributed by atoms with E-state index in [2.05, 4.69) is 56.7 Å². The van der Waals surface area contributed by atoms with Crippen LogP contribution in [-0.4, -0.2) is 36.1 Å². The lowest BCUT2D eigenvalue weighted by Crippen LogP contribution is -2.36. The van der Waals surface area contributed by atoms with Gasteiger partial charge in [-0.3, -0.25) is 0 Å². The lowest BCUT2D eigenvalue weighted by molar-refractivity contribution is 0.265. The molecule has 1 fully saturated rings. The number of nitrogens with one attached hydrogen (secondary N) is 1. The fourth-order valence-corrected chi connectivity index (χ4v) is 5.88.